The maximum atomic E-state index is 16.4. The minimum absolute atomic E-state index is 0.0208. The number of carbonyl (C=O) groups is 2. The van der Waals surface area contributed by atoms with Gasteiger partial charge in [-0.05, 0) is 62.1 Å². The largest absolute Gasteiger partial charge is 0.465 e. The molecule has 0 radical (unpaired) electrons. The van der Waals surface area contributed by atoms with E-state index >= 15 is 4.39 Å². The van der Waals surface area contributed by atoms with Crippen LogP contribution in [-0.4, -0.2) is 52.9 Å². The molecular weight excluding hydrogens is 602 g/mol. The van der Waals surface area contributed by atoms with Gasteiger partial charge in [0.1, 0.15) is 17.9 Å². The maximum Gasteiger partial charge on any atom is 0.338 e. The Balaban J connectivity index is 1.46. The van der Waals surface area contributed by atoms with E-state index in [2.05, 4.69) is 17.0 Å². The van der Waals surface area contributed by atoms with Crippen LogP contribution >= 0.6 is 23.2 Å². The molecule has 3 aromatic carbocycles. The molecule has 226 valence electrons. The van der Waals surface area contributed by atoms with Crippen molar-refractivity contribution in [3.05, 3.63) is 92.3 Å². The van der Waals surface area contributed by atoms with Crippen LogP contribution in [0.1, 0.15) is 64.0 Å². The normalized spacial score (nSPS) is 28.6. The molecule has 1 aromatic heterocycles. The molecular formula is C34H32Cl2FN4O3+. The van der Waals surface area contributed by atoms with Gasteiger partial charge in [-0.25, -0.2) is 9.18 Å². The number of quaternary nitrogens is 1. The Bertz CT molecular complexity index is 1920. The number of amides is 1. The van der Waals surface area contributed by atoms with E-state index < -0.39 is 23.2 Å². The van der Waals surface area contributed by atoms with Crippen LogP contribution in [0.3, 0.4) is 0 Å². The van der Waals surface area contributed by atoms with Crippen molar-refractivity contribution in [1.82, 2.24) is 9.78 Å². The van der Waals surface area contributed by atoms with Gasteiger partial charge < -0.3 is 14.5 Å². The predicted octanol–water partition coefficient (Wildman–Crippen LogP) is 6.93. The summed E-state index contributed by atoms with van der Waals surface area (Å²) in [5, 5.41) is 9.88. The highest BCUT2D eigenvalue weighted by Gasteiger charge is 2.77. The first-order valence-electron chi connectivity index (χ1n) is 15.1. The molecule has 4 aromatic rings. The number of aromatic nitrogens is 2. The number of carbonyl (C=O) groups excluding carboxylic acids is 2. The van der Waals surface area contributed by atoms with Crippen LogP contribution < -0.4 is 5.32 Å². The third kappa shape index (κ3) is 3.50. The fraction of sp³-hybridized carbons (Fsp3) is 0.382. The van der Waals surface area contributed by atoms with Gasteiger partial charge in [-0.3, -0.25) is 9.48 Å². The Morgan fingerprint density at radius 1 is 1.18 bits per heavy atom. The van der Waals surface area contributed by atoms with Crippen molar-refractivity contribution in [3.8, 4) is 0 Å². The van der Waals surface area contributed by atoms with Gasteiger partial charge in [0, 0.05) is 39.6 Å². The average Bonchev–Trinajstić information content (AvgIpc) is 3.58. The minimum Gasteiger partial charge on any atom is -0.465 e. The molecule has 2 fully saturated rings. The number of nitrogens with zero attached hydrogens (tertiary/aromatic N) is 3. The number of anilines is 1. The Morgan fingerprint density at radius 3 is 2.73 bits per heavy atom. The van der Waals surface area contributed by atoms with E-state index in [1.165, 1.54) is 7.11 Å². The Hall–Kier alpha value is -3.46. The van der Waals surface area contributed by atoms with Crippen LogP contribution in [0.2, 0.25) is 10.0 Å². The van der Waals surface area contributed by atoms with Crippen LogP contribution in [0, 0.1) is 18.7 Å². The molecule has 8 rings (SSSR count). The highest BCUT2D eigenvalue weighted by Crippen LogP contribution is 2.67. The molecule has 10 heteroatoms. The third-order valence-corrected chi connectivity index (χ3v) is 11.5. The number of halogens is 3. The van der Waals surface area contributed by atoms with Gasteiger partial charge in [0.15, 0.2) is 0 Å². The lowest BCUT2D eigenvalue weighted by Gasteiger charge is -2.48. The quantitative estimate of drug-likeness (QED) is 0.195. The van der Waals surface area contributed by atoms with Crippen LogP contribution in [0.25, 0.3) is 10.9 Å². The van der Waals surface area contributed by atoms with Crippen LogP contribution in [0.4, 0.5) is 10.1 Å². The fourth-order valence-electron chi connectivity index (χ4n) is 9.00. The first-order valence-corrected chi connectivity index (χ1v) is 15.9. The monoisotopic (exact) mass is 633 g/mol. The molecule has 4 heterocycles. The molecule has 1 spiro atoms. The standard InChI is InChI=1S/C34H31Cl2FN4O3/c1-17-20(32(42)44-3)10-11-21-26-13-14-27-31(40(26)39-30(17)21)28(22-5-4-6-24(36)29(22)37)34(41(27,2)16-18-7-8-18)23-12-9-19(35)15-25(23)38-33(34)43/h4-6,9-12,15,18,27-28,31H,7-8,13-14,16H2,1-3H3/p+1/t27-,28-,31+,34+,41?/m0/s1. The molecule has 1 unspecified atom stereocenters. The highest BCUT2D eigenvalue weighted by atomic mass is 35.5. The molecule has 1 saturated heterocycles. The lowest BCUT2D eigenvalue weighted by molar-refractivity contribution is -0.968. The highest BCUT2D eigenvalue weighted by molar-refractivity contribution is 6.31. The van der Waals surface area contributed by atoms with Gasteiger partial charge in [-0.15, -0.1) is 0 Å². The number of likely N-dealkylation sites (N-methyl/N-ethyl adjacent to an activating group) is 1. The maximum absolute atomic E-state index is 16.4. The summed E-state index contributed by atoms with van der Waals surface area (Å²) in [7, 11) is 3.56. The fourth-order valence-corrected chi connectivity index (χ4v) is 9.36. The number of benzene rings is 3. The van der Waals surface area contributed by atoms with Crippen LogP contribution in [-0.2, 0) is 21.5 Å². The first kappa shape index (κ1) is 28.0. The average molecular weight is 635 g/mol. The number of likely N-dealkylation sites (tertiary alicyclic amines) is 1. The molecule has 1 amide bonds. The zero-order valence-corrected chi connectivity index (χ0v) is 26.2. The lowest BCUT2D eigenvalue weighted by Crippen LogP contribution is -2.65. The zero-order valence-electron chi connectivity index (χ0n) is 24.7. The van der Waals surface area contributed by atoms with Crippen molar-refractivity contribution in [2.24, 2.45) is 5.92 Å². The predicted molar refractivity (Wildman–Crippen MR) is 167 cm³/mol. The van der Waals surface area contributed by atoms with Crippen molar-refractivity contribution < 1.29 is 23.2 Å². The van der Waals surface area contributed by atoms with Gasteiger partial charge in [0.25, 0.3) is 5.91 Å². The first-order chi connectivity index (χ1) is 21.1. The van der Waals surface area contributed by atoms with Crippen molar-refractivity contribution in [3.63, 3.8) is 0 Å². The minimum atomic E-state index is -1.16. The van der Waals surface area contributed by atoms with E-state index in [-0.39, 0.29) is 23.0 Å². The number of esters is 1. The van der Waals surface area contributed by atoms with E-state index in [0.29, 0.717) is 37.8 Å². The SMILES string of the molecule is COC(=O)c1ccc2c3n(nc2c1C)[C@H]1[C@H](c2cccc(Cl)c2F)[C@]2(C(=O)Nc4cc(Cl)ccc42)[N+](C)(CC2CC2)[C@H]1CC3. The van der Waals surface area contributed by atoms with Gasteiger partial charge >= 0.3 is 5.97 Å². The van der Waals surface area contributed by atoms with Crippen molar-refractivity contribution >= 4 is 51.7 Å². The molecule has 1 aliphatic carbocycles. The number of fused-ring (bicyclic) bond motifs is 7. The Labute approximate surface area is 264 Å². The number of ether oxygens (including phenoxy) is 1. The molecule has 0 bridgehead atoms. The zero-order chi connectivity index (χ0) is 30.7. The van der Waals surface area contributed by atoms with Gasteiger partial charge in [0.05, 0.1) is 48.4 Å². The van der Waals surface area contributed by atoms with E-state index in [1.807, 2.05) is 25.1 Å². The number of aryl methyl sites for hydroxylation is 2. The van der Waals surface area contributed by atoms with Crippen LogP contribution in [0.5, 0.6) is 0 Å². The topological polar surface area (TPSA) is 73.2 Å². The molecule has 7 nitrogen and oxygen atoms in total. The van der Waals surface area contributed by atoms with Crippen molar-refractivity contribution in [2.75, 3.05) is 26.0 Å². The second-order valence-electron chi connectivity index (χ2n) is 13.0. The molecule has 44 heavy (non-hydrogen) atoms. The molecule has 1 N–H and O–H groups in total. The third-order valence-electron chi connectivity index (χ3n) is 11.0. The molecule has 5 atom stereocenters. The summed E-state index contributed by atoms with van der Waals surface area (Å²) in [6.45, 7) is 2.67. The summed E-state index contributed by atoms with van der Waals surface area (Å²) < 4.78 is 23.9. The molecule has 1 saturated carbocycles. The molecule has 4 aliphatic rings. The van der Waals surface area contributed by atoms with Crippen molar-refractivity contribution in [1.29, 1.82) is 0 Å². The van der Waals surface area contributed by atoms with Gasteiger partial charge in [-0.1, -0.05) is 41.4 Å². The van der Waals surface area contributed by atoms with E-state index in [0.717, 1.165) is 54.4 Å². The van der Waals surface area contributed by atoms with E-state index in [9.17, 15) is 9.59 Å². The Kier molecular flexibility index (Phi) is 6.07. The second-order valence-corrected chi connectivity index (χ2v) is 13.9. The number of nitrogens with one attached hydrogen (secondary N) is 1. The van der Waals surface area contributed by atoms with Crippen molar-refractivity contribution in [2.45, 2.75) is 56.1 Å². The summed E-state index contributed by atoms with van der Waals surface area (Å²) in [6.07, 6.45) is 3.75. The number of hydrogen-bond donors (Lipinski definition) is 1. The summed E-state index contributed by atoms with van der Waals surface area (Å²) in [6, 6.07) is 14.0. The number of rotatable bonds is 4. The van der Waals surface area contributed by atoms with E-state index in [4.69, 9.17) is 33.0 Å². The summed E-state index contributed by atoms with van der Waals surface area (Å²) in [5.41, 5.74) is 3.68. The summed E-state index contributed by atoms with van der Waals surface area (Å²) in [4.78, 5) is 27.4. The van der Waals surface area contributed by atoms with Gasteiger partial charge in [0.2, 0.25) is 5.54 Å². The van der Waals surface area contributed by atoms with E-state index in [1.54, 1.807) is 30.3 Å². The lowest BCUT2D eigenvalue weighted by atomic mass is 9.72. The van der Waals surface area contributed by atoms with Crippen LogP contribution in [0.15, 0.2) is 48.5 Å². The summed E-state index contributed by atoms with van der Waals surface area (Å²) in [5.74, 6) is -1.24. The number of hydrogen-bond acceptors (Lipinski definition) is 4. The molecule has 3 aliphatic heterocycles. The second kappa shape index (κ2) is 9.52. The summed E-state index contributed by atoms with van der Waals surface area (Å²) >= 11 is 12.9. The van der Waals surface area contributed by atoms with Gasteiger partial charge in [-0.2, -0.15) is 5.10 Å². The Morgan fingerprint density at radius 2 is 1.98 bits per heavy atom. The number of methoxy groups -OCH3 is 1. The smallest absolute Gasteiger partial charge is 0.338 e.